The van der Waals surface area contributed by atoms with Crippen molar-refractivity contribution in [2.45, 2.75) is 52.5 Å². The fourth-order valence-electron chi connectivity index (χ4n) is 1.65. The third-order valence-corrected chi connectivity index (χ3v) is 2.53. The smallest absolute Gasteiger partial charge is 0.00391 e. The summed E-state index contributed by atoms with van der Waals surface area (Å²) in [5.41, 5.74) is 0. The van der Waals surface area contributed by atoms with E-state index in [1.54, 1.807) is 0 Å². The summed E-state index contributed by atoms with van der Waals surface area (Å²) >= 11 is 0. The molecule has 0 aromatic rings. The van der Waals surface area contributed by atoms with Crippen LogP contribution >= 0.6 is 0 Å². The van der Waals surface area contributed by atoms with E-state index < -0.39 is 0 Å². The highest BCUT2D eigenvalue weighted by molar-refractivity contribution is 4.61. The molecule has 1 N–H and O–H groups in total. The van der Waals surface area contributed by atoms with Gasteiger partial charge in [0.2, 0.25) is 0 Å². The molecule has 0 aliphatic carbocycles. The van der Waals surface area contributed by atoms with Gasteiger partial charge in [-0.05, 0) is 59.3 Å². The Hall–Kier alpha value is -0.0800. The lowest BCUT2D eigenvalue weighted by atomic mass is 10.1. The van der Waals surface area contributed by atoms with Crippen LogP contribution in [0.3, 0.4) is 0 Å². The maximum absolute atomic E-state index is 3.52. The van der Waals surface area contributed by atoms with Gasteiger partial charge in [-0.1, -0.05) is 13.8 Å². The molecule has 86 valence electrons. The Morgan fingerprint density at radius 1 is 1.14 bits per heavy atom. The molecule has 0 radical (unpaired) electrons. The standard InChI is InChI=1S/C12H28N2/c1-5-9-13-12(3)8-7-11-14(4)10-6-2/h12-13H,5-11H2,1-4H3. The third kappa shape index (κ3) is 8.52. The summed E-state index contributed by atoms with van der Waals surface area (Å²) < 4.78 is 0. The number of rotatable bonds is 9. The number of nitrogens with one attached hydrogen (secondary N) is 1. The molecule has 14 heavy (non-hydrogen) atoms. The van der Waals surface area contributed by atoms with Crippen molar-refractivity contribution in [1.82, 2.24) is 10.2 Å². The topological polar surface area (TPSA) is 15.3 Å². The molecule has 0 saturated carbocycles. The molecule has 2 heteroatoms. The van der Waals surface area contributed by atoms with Crippen LogP contribution in [0.25, 0.3) is 0 Å². The lowest BCUT2D eigenvalue weighted by Crippen LogP contribution is -2.28. The molecule has 1 atom stereocenters. The number of hydrogen-bond donors (Lipinski definition) is 1. The monoisotopic (exact) mass is 200 g/mol. The maximum atomic E-state index is 3.52. The highest BCUT2D eigenvalue weighted by Crippen LogP contribution is 1.98. The highest BCUT2D eigenvalue weighted by Gasteiger charge is 2.01. The Labute approximate surface area is 90.1 Å². The number of nitrogens with zero attached hydrogens (tertiary/aromatic N) is 1. The van der Waals surface area contributed by atoms with E-state index in [4.69, 9.17) is 0 Å². The van der Waals surface area contributed by atoms with Crippen LogP contribution in [0.1, 0.15) is 46.5 Å². The molecule has 0 aromatic carbocycles. The summed E-state index contributed by atoms with van der Waals surface area (Å²) in [5, 5.41) is 3.52. The molecule has 0 aliphatic rings. The Morgan fingerprint density at radius 3 is 2.43 bits per heavy atom. The summed E-state index contributed by atoms with van der Waals surface area (Å²) in [4.78, 5) is 2.42. The maximum Gasteiger partial charge on any atom is 0.00391 e. The molecule has 0 spiro atoms. The molecule has 2 nitrogen and oxygen atoms in total. The lowest BCUT2D eigenvalue weighted by molar-refractivity contribution is 0.318. The van der Waals surface area contributed by atoms with Crippen molar-refractivity contribution < 1.29 is 0 Å². The summed E-state index contributed by atoms with van der Waals surface area (Å²) in [5.74, 6) is 0. The average Bonchev–Trinajstić information content (AvgIpc) is 2.15. The Kier molecular flexibility index (Phi) is 9.42. The molecule has 0 bridgehead atoms. The SMILES string of the molecule is CCCNC(C)CCCN(C)CCC. The molecule has 0 saturated heterocycles. The fraction of sp³-hybridized carbons (Fsp3) is 1.00. The van der Waals surface area contributed by atoms with Crippen molar-refractivity contribution >= 4 is 0 Å². The summed E-state index contributed by atoms with van der Waals surface area (Å²) in [6.07, 6.45) is 5.11. The Morgan fingerprint density at radius 2 is 1.86 bits per heavy atom. The van der Waals surface area contributed by atoms with Crippen molar-refractivity contribution in [1.29, 1.82) is 0 Å². The van der Waals surface area contributed by atoms with Gasteiger partial charge in [-0.25, -0.2) is 0 Å². The zero-order valence-corrected chi connectivity index (χ0v) is 10.5. The van der Waals surface area contributed by atoms with Crippen molar-refractivity contribution in [3.05, 3.63) is 0 Å². The second kappa shape index (κ2) is 9.47. The van der Waals surface area contributed by atoms with E-state index in [0.717, 1.165) is 6.54 Å². The molecule has 0 fully saturated rings. The first-order valence-corrected chi connectivity index (χ1v) is 6.12. The van der Waals surface area contributed by atoms with Gasteiger partial charge in [-0.3, -0.25) is 0 Å². The first-order chi connectivity index (χ1) is 6.70. The van der Waals surface area contributed by atoms with Gasteiger partial charge in [0.25, 0.3) is 0 Å². The van der Waals surface area contributed by atoms with Gasteiger partial charge in [-0.2, -0.15) is 0 Å². The normalized spacial score (nSPS) is 13.5. The lowest BCUT2D eigenvalue weighted by Gasteiger charge is -2.17. The zero-order valence-electron chi connectivity index (χ0n) is 10.5. The van der Waals surface area contributed by atoms with Crippen LogP contribution in [0.5, 0.6) is 0 Å². The molecule has 1 unspecified atom stereocenters. The van der Waals surface area contributed by atoms with E-state index in [-0.39, 0.29) is 0 Å². The van der Waals surface area contributed by atoms with Gasteiger partial charge in [0, 0.05) is 6.04 Å². The predicted molar refractivity (Wildman–Crippen MR) is 64.8 cm³/mol. The van der Waals surface area contributed by atoms with Crippen LogP contribution in [0.2, 0.25) is 0 Å². The summed E-state index contributed by atoms with van der Waals surface area (Å²) in [7, 11) is 2.22. The second-order valence-corrected chi connectivity index (χ2v) is 4.30. The van der Waals surface area contributed by atoms with Crippen LogP contribution in [0.15, 0.2) is 0 Å². The van der Waals surface area contributed by atoms with E-state index in [0.29, 0.717) is 6.04 Å². The predicted octanol–water partition coefficient (Wildman–Crippen LogP) is 2.50. The Balaban J connectivity index is 3.25. The van der Waals surface area contributed by atoms with Crippen molar-refractivity contribution in [2.75, 3.05) is 26.7 Å². The highest BCUT2D eigenvalue weighted by atomic mass is 15.1. The first-order valence-electron chi connectivity index (χ1n) is 6.12. The molecule has 0 aromatic heterocycles. The Bertz CT molecular complexity index is 115. The minimum atomic E-state index is 0.685. The van der Waals surface area contributed by atoms with E-state index in [2.05, 4.69) is 38.0 Å². The molecular weight excluding hydrogens is 172 g/mol. The average molecular weight is 200 g/mol. The first kappa shape index (κ1) is 13.9. The van der Waals surface area contributed by atoms with Crippen molar-refractivity contribution in [2.24, 2.45) is 0 Å². The largest absolute Gasteiger partial charge is 0.314 e. The van der Waals surface area contributed by atoms with Crippen LogP contribution in [0, 0.1) is 0 Å². The van der Waals surface area contributed by atoms with E-state index >= 15 is 0 Å². The van der Waals surface area contributed by atoms with Gasteiger partial charge in [-0.15, -0.1) is 0 Å². The van der Waals surface area contributed by atoms with Crippen LogP contribution in [-0.2, 0) is 0 Å². The molecule has 0 heterocycles. The van der Waals surface area contributed by atoms with Crippen LogP contribution < -0.4 is 5.32 Å². The molecule has 0 aliphatic heterocycles. The summed E-state index contributed by atoms with van der Waals surface area (Å²) in [6, 6.07) is 0.685. The molecular formula is C12H28N2. The van der Waals surface area contributed by atoms with Crippen molar-refractivity contribution in [3.8, 4) is 0 Å². The van der Waals surface area contributed by atoms with E-state index in [1.807, 2.05) is 0 Å². The third-order valence-electron chi connectivity index (χ3n) is 2.53. The molecule has 0 rings (SSSR count). The zero-order chi connectivity index (χ0) is 10.8. The van der Waals surface area contributed by atoms with Gasteiger partial charge in [0.05, 0.1) is 0 Å². The van der Waals surface area contributed by atoms with Gasteiger partial charge >= 0.3 is 0 Å². The minimum Gasteiger partial charge on any atom is -0.314 e. The molecule has 0 amide bonds. The van der Waals surface area contributed by atoms with Crippen molar-refractivity contribution in [3.63, 3.8) is 0 Å². The van der Waals surface area contributed by atoms with E-state index in [9.17, 15) is 0 Å². The van der Waals surface area contributed by atoms with E-state index in [1.165, 1.54) is 38.8 Å². The quantitative estimate of drug-likeness (QED) is 0.615. The van der Waals surface area contributed by atoms with Gasteiger partial charge in [0.1, 0.15) is 0 Å². The van der Waals surface area contributed by atoms with Gasteiger partial charge in [0.15, 0.2) is 0 Å². The minimum absolute atomic E-state index is 0.685. The number of hydrogen-bond acceptors (Lipinski definition) is 2. The van der Waals surface area contributed by atoms with Crippen LogP contribution in [-0.4, -0.2) is 37.6 Å². The summed E-state index contributed by atoms with van der Waals surface area (Å²) in [6.45, 7) is 10.4. The fourth-order valence-corrected chi connectivity index (χ4v) is 1.65. The van der Waals surface area contributed by atoms with Crippen LogP contribution in [0.4, 0.5) is 0 Å². The second-order valence-electron chi connectivity index (χ2n) is 4.30. The van der Waals surface area contributed by atoms with Gasteiger partial charge < -0.3 is 10.2 Å².